The number of hydrogen-bond acceptors (Lipinski definition) is 7. The largest absolute Gasteiger partial charge is 0.472 e. The van der Waals surface area contributed by atoms with Crippen LogP contribution in [0.15, 0.2) is 97.2 Å². The second kappa shape index (κ2) is 66.4. The lowest BCUT2D eigenvalue weighted by Gasteiger charge is -2.24. The topological polar surface area (TPSA) is 108 Å². The molecule has 0 fully saturated rings. The molecule has 0 saturated carbocycles. The smallest absolute Gasteiger partial charge is 0.462 e. The first-order valence-corrected chi connectivity index (χ1v) is 37.5. The third kappa shape index (κ3) is 70.0. The molecule has 0 spiro atoms. The maximum absolute atomic E-state index is 12.9. The van der Waals surface area contributed by atoms with Crippen LogP contribution in [0.5, 0.6) is 0 Å². The average Bonchev–Trinajstić information content (AvgIpc) is 3.70. The van der Waals surface area contributed by atoms with Crippen molar-refractivity contribution in [1.29, 1.82) is 0 Å². The van der Waals surface area contributed by atoms with Crippen molar-refractivity contribution in [1.82, 2.24) is 0 Å². The third-order valence-corrected chi connectivity index (χ3v) is 16.6. The summed E-state index contributed by atoms with van der Waals surface area (Å²) in [6, 6.07) is 0. The Morgan fingerprint density at radius 3 is 0.988 bits per heavy atom. The molecule has 10 heteroatoms. The Bertz CT molecular complexity index is 1770. The van der Waals surface area contributed by atoms with E-state index in [1.165, 1.54) is 199 Å². The highest BCUT2D eigenvalue weighted by Crippen LogP contribution is 2.43. The lowest BCUT2D eigenvalue weighted by Crippen LogP contribution is -2.37. The van der Waals surface area contributed by atoms with Crippen molar-refractivity contribution < 1.29 is 42.1 Å². The van der Waals surface area contributed by atoms with Crippen molar-refractivity contribution in [2.24, 2.45) is 0 Å². The van der Waals surface area contributed by atoms with E-state index in [0.717, 1.165) is 89.9 Å². The number of likely N-dealkylation sites (N-methyl/N-ethyl adjacent to an activating group) is 1. The summed E-state index contributed by atoms with van der Waals surface area (Å²) in [7, 11) is 1.47. The number of phosphoric ester groups is 1. The Labute approximate surface area is 532 Å². The van der Waals surface area contributed by atoms with Crippen molar-refractivity contribution >= 4 is 19.8 Å². The molecule has 9 nitrogen and oxygen atoms in total. The van der Waals surface area contributed by atoms with E-state index in [1.54, 1.807) is 0 Å². The highest BCUT2D eigenvalue weighted by molar-refractivity contribution is 7.47. The summed E-state index contributed by atoms with van der Waals surface area (Å²) < 4.78 is 34.7. The van der Waals surface area contributed by atoms with Crippen LogP contribution in [0.4, 0.5) is 0 Å². The Kier molecular flexibility index (Phi) is 64.0. The Balaban J connectivity index is 3.99. The van der Waals surface area contributed by atoms with E-state index in [-0.39, 0.29) is 32.0 Å². The first-order chi connectivity index (χ1) is 42.0. The zero-order valence-corrected chi connectivity index (χ0v) is 57.7. The first kappa shape index (κ1) is 82.9. The summed E-state index contributed by atoms with van der Waals surface area (Å²) >= 11 is 0. The van der Waals surface area contributed by atoms with Crippen LogP contribution in [-0.4, -0.2) is 74.9 Å². The minimum atomic E-state index is -4.40. The number of esters is 2. The molecule has 86 heavy (non-hydrogen) atoms. The van der Waals surface area contributed by atoms with Gasteiger partial charge in [-0.1, -0.05) is 310 Å². The van der Waals surface area contributed by atoms with Crippen LogP contribution >= 0.6 is 7.82 Å². The minimum Gasteiger partial charge on any atom is -0.462 e. The maximum atomic E-state index is 12.9. The van der Waals surface area contributed by atoms with Gasteiger partial charge < -0.3 is 18.9 Å². The van der Waals surface area contributed by atoms with E-state index in [0.29, 0.717) is 17.4 Å². The van der Waals surface area contributed by atoms with Gasteiger partial charge in [-0.3, -0.25) is 18.6 Å². The van der Waals surface area contributed by atoms with Crippen LogP contribution in [-0.2, 0) is 32.7 Å². The fourth-order valence-corrected chi connectivity index (χ4v) is 10.9. The number of phosphoric acid groups is 1. The number of carbonyl (C=O) groups is 2. The average molecular weight is 1220 g/mol. The van der Waals surface area contributed by atoms with Crippen LogP contribution < -0.4 is 0 Å². The molecule has 0 aliphatic heterocycles. The monoisotopic (exact) mass is 1220 g/mol. The minimum absolute atomic E-state index is 0.0279. The lowest BCUT2D eigenvalue weighted by atomic mass is 10.0. The number of hydrogen-bond donors (Lipinski definition) is 1. The quantitative estimate of drug-likeness (QED) is 0.0211. The molecule has 0 bridgehead atoms. The second-order valence-electron chi connectivity index (χ2n) is 25.2. The Hall–Kier alpha value is -3.07. The van der Waals surface area contributed by atoms with Gasteiger partial charge in [-0.05, 0) is 96.3 Å². The predicted octanol–water partition coefficient (Wildman–Crippen LogP) is 23.5. The number of rotatable bonds is 66. The second-order valence-corrected chi connectivity index (χ2v) is 26.7. The summed E-state index contributed by atoms with van der Waals surface area (Å²) in [5, 5.41) is 0. The van der Waals surface area contributed by atoms with Gasteiger partial charge in [0, 0.05) is 12.8 Å². The Morgan fingerprint density at radius 1 is 0.372 bits per heavy atom. The summed E-state index contributed by atoms with van der Waals surface area (Å²) in [5.74, 6) is -0.796. The zero-order chi connectivity index (χ0) is 62.6. The van der Waals surface area contributed by atoms with Crippen molar-refractivity contribution in [3.63, 3.8) is 0 Å². The molecule has 0 aliphatic rings. The number of ether oxygens (including phenoxy) is 2. The standard InChI is InChI=1S/C76H136NO8P/c1-6-8-10-12-14-16-18-20-22-24-26-28-30-32-33-34-35-36-37-38-39-40-41-42-43-45-46-48-50-52-54-56-58-60-62-64-66-68-75(78)82-72-74(73-84-86(80,81)83-71-70-77(3,4)5)85-76(79)69-67-65-63-61-59-57-55-53-51-49-47-44-31-29-27-25-23-21-19-17-15-13-11-9-7-2/h9,11,15,17-18,20-21,23-24,26-27,29-30,32,44,47,74H,6-8,10,12-14,16,19,22,25,28,31,33-43,45-46,48-73H2,1-5H3/p+1/b11-9-,17-15-,20-18-,23-21-,26-24-,29-27-,32-30-,47-44-. The SMILES string of the molecule is CC/C=C\C/C=C\C/C=C\C/C=C\C/C=C\CCCCCCCCCCCC(=O)OC(COC(=O)CCCCCCCCCCCCCCCCCCCCCCCC/C=C\C/C=C\C/C=C\CCCCCCC)COP(=O)(O)OCC[N+](C)(C)C. The fraction of sp³-hybridized carbons (Fsp3) is 0.763. The van der Waals surface area contributed by atoms with Gasteiger partial charge in [-0.25, -0.2) is 4.57 Å². The summed E-state index contributed by atoms with van der Waals surface area (Å²) in [6.07, 6.45) is 92.4. The molecule has 0 saturated heterocycles. The molecular formula is C76H137NO8P+. The van der Waals surface area contributed by atoms with Crippen molar-refractivity contribution in [3.8, 4) is 0 Å². The van der Waals surface area contributed by atoms with Gasteiger partial charge in [-0.15, -0.1) is 0 Å². The van der Waals surface area contributed by atoms with Crippen molar-refractivity contribution in [3.05, 3.63) is 97.2 Å². The summed E-state index contributed by atoms with van der Waals surface area (Å²) in [6.45, 7) is 4.33. The van der Waals surface area contributed by atoms with E-state index < -0.39 is 26.5 Å². The molecule has 0 amide bonds. The van der Waals surface area contributed by atoms with Gasteiger partial charge in [0.05, 0.1) is 27.7 Å². The van der Waals surface area contributed by atoms with Gasteiger partial charge in [0.15, 0.2) is 6.10 Å². The molecular weight excluding hydrogens is 1090 g/mol. The maximum Gasteiger partial charge on any atom is 0.472 e. The van der Waals surface area contributed by atoms with E-state index in [1.807, 2.05) is 21.1 Å². The van der Waals surface area contributed by atoms with Crippen LogP contribution in [0, 0.1) is 0 Å². The summed E-state index contributed by atoms with van der Waals surface area (Å²) in [5.41, 5.74) is 0. The summed E-state index contributed by atoms with van der Waals surface area (Å²) in [4.78, 5) is 35.9. The number of allylic oxidation sites excluding steroid dienone is 16. The molecule has 0 aromatic carbocycles. The molecule has 0 aliphatic carbocycles. The molecule has 0 aromatic heterocycles. The van der Waals surface area contributed by atoms with E-state index >= 15 is 0 Å². The van der Waals surface area contributed by atoms with Gasteiger partial charge in [0.2, 0.25) is 0 Å². The fourth-order valence-electron chi connectivity index (χ4n) is 10.1. The van der Waals surface area contributed by atoms with Crippen molar-refractivity contribution in [2.45, 2.75) is 328 Å². The molecule has 0 radical (unpaired) electrons. The first-order valence-electron chi connectivity index (χ1n) is 36.0. The lowest BCUT2D eigenvalue weighted by molar-refractivity contribution is -0.870. The van der Waals surface area contributed by atoms with E-state index in [2.05, 4.69) is 111 Å². The van der Waals surface area contributed by atoms with E-state index in [9.17, 15) is 19.0 Å². The highest BCUT2D eigenvalue weighted by Gasteiger charge is 2.27. The van der Waals surface area contributed by atoms with E-state index in [4.69, 9.17) is 18.5 Å². The van der Waals surface area contributed by atoms with Crippen LogP contribution in [0.2, 0.25) is 0 Å². The molecule has 2 unspecified atom stereocenters. The number of unbranched alkanes of at least 4 members (excludes halogenated alkanes) is 36. The van der Waals surface area contributed by atoms with Gasteiger partial charge in [0.25, 0.3) is 0 Å². The van der Waals surface area contributed by atoms with Gasteiger partial charge in [-0.2, -0.15) is 0 Å². The van der Waals surface area contributed by atoms with Crippen molar-refractivity contribution in [2.75, 3.05) is 47.5 Å². The molecule has 1 N–H and O–H groups in total. The van der Waals surface area contributed by atoms with Crippen LogP contribution in [0.25, 0.3) is 0 Å². The number of quaternary nitrogens is 1. The van der Waals surface area contributed by atoms with Crippen LogP contribution in [0.3, 0.4) is 0 Å². The molecule has 0 rings (SSSR count). The molecule has 2 atom stereocenters. The molecule has 0 heterocycles. The van der Waals surface area contributed by atoms with Gasteiger partial charge >= 0.3 is 19.8 Å². The normalized spacial score (nSPS) is 13.7. The van der Waals surface area contributed by atoms with Gasteiger partial charge in [0.1, 0.15) is 19.8 Å². The number of carbonyl (C=O) groups excluding carboxylic acids is 2. The number of nitrogens with zero attached hydrogens (tertiary/aromatic N) is 1. The van der Waals surface area contributed by atoms with Crippen LogP contribution in [0.1, 0.15) is 322 Å². The predicted molar refractivity (Wildman–Crippen MR) is 372 cm³/mol. The molecule has 498 valence electrons. The highest BCUT2D eigenvalue weighted by atomic mass is 31.2. The molecule has 0 aromatic rings. The Morgan fingerprint density at radius 2 is 0.663 bits per heavy atom. The third-order valence-electron chi connectivity index (χ3n) is 15.6. The zero-order valence-electron chi connectivity index (χ0n) is 56.8.